The molecule has 4 nitrogen and oxygen atoms in total. The molecule has 1 aliphatic carbocycles. The van der Waals surface area contributed by atoms with Gasteiger partial charge in [0.25, 0.3) is 5.91 Å². The van der Waals surface area contributed by atoms with Crippen LogP contribution in [-0.4, -0.2) is 34.4 Å². The molecule has 1 heterocycles. The number of nitrogens with zero attached hydrogens (tertiary/aromatic N) is 2. The zero-order chi connectivity index (χ0) is 12.4. The normalized spacial score (nSPS) is 14.4. The van der Waals surface area contributed by atoms with Crippen molar-refractivity contribution in [1.82, 2.24) is 9.88 Å². The summed E-state index contributed by atoms with van der Waals surface area (Å²) in [7, 11) is 1.81. The third kappa shape index (κ3) is 3.00. The molecule has 0 aliphatic heterocycles. The molecule has 17 heavy (non-hydrogen) atoms. The highest BCUT2D eigenvalue weighted by Crippen LogP contribution is 2.29. The van der Waals surface area contributed by atoms with E-state index in [1.807, 2.05) is 7.05 Å². The molecule has 0 saturated heterocycles. The van der Waals surface area contributed by atoms with E-state index >= 15 is 0 Å². The molecule has 0 radical (unpaired) electrons. The Morgan fingerprint density at radius 2 is 2.29 bits per heavy atom. The third-order valence-corrected chi connectivity index (χ3v) is 3.08. The quantitative estimate of drug-likeness (QED) is 0.815. The number of rotatable bonds is 4. The maximum absolute atomic E-state index is 12.0. The van der Waals surface area contributed by atoms with Crippen LogP contribution < -0.4 is 5.73 Å². The van der Waals surface area contributed by atoms with E-state index in [1.165, 1.54) is 12.8 Å². The number of carbonyl (C=O) groups is 1. The second-order valence-electron chi connectivity index (χ2n) is 4.43. The van der Waals surface area contributed by atoms with Gasteiger partial charge in [0.1, 0.15) is 10.7 Å². The van der Waals surface area contributed by atoms with E-state index in [1.54, 1.807) is 23.2 Å². The molecule has 1 aliphatic rings. The molecule has 0 spiro atoms. The third-order valence-electron chi connectivity index (χ3n) is 2.84. The first-order valence-corrected chi connectivity index (χ1v) is 6.00. The summed E-state index contributed by atoms with van der Waals surface area (Å²) in [4.78, 5) is 18.1. The molecule has 90 valence electrons. The number of hydrogen-bond donors (Lipinski definition) is 1. The molecular weight excluding hydrogens is 234 g/mol. The molecule has 1 fully saturated rings. The van der Waals surface area contributed by atoms with Crippen LogP contribution in [0.3, 0.4) is 0 Å². The Labute approximate surface area is 106 Å². The van der Waals surface area contributed by atoms with Gasteiger partial charge >= 0.3 is 0 Å². The molecule has 0 aromatic carbocycles. The Kier molecular flexibility index (Phi) is 3.38. The predicted octanol–water partition coefficient (Wildman–Crippen LogP) is 1.20. The zero-order valence-electron chi connectivity index (χ0n) is 9.72. The van der Waals surface area contributed by atoms with Crippen LogP contribution in [0.2, 0.25) is 0 Å². The van der Waals surface area contributed by atoms with Crippen molar-refractivity contribution < 1.29 is 4.79 Å². The SMILES string of the molecule is CN(CC1CC1)C(=O)c1ccc(C(N)=S)cn1. The fourth-order valence-electron chi connectivity index (χ4n) is 1.63. The second-order valence-corrected chi connectivity index (χ2v) is 4.87. The average Bonchev–Trinajstić information content (AvgIpc) is 3.12. The smallest absolute Gasteiger partial charge is 0.272 e. The Bertz CT molecular complexity index is 440. The Morgan fingerprint density at radius 1 is 1.59 bits per heavy atom. The molecule has 2 N–H and O–H groups in total. The molecule has 1 amide bonds. The van der Waals surface area contributed by atoms with Gasteiger partial charge in [-0.25, -0.2) is 0 Å². The fourth-order valence-corrected chi connectivity index (χ4v) is 1.75. The number of aromatic nitrogens is 1. The molecule has 1 saturated carbocycles. The molecule has 0 atom stereocenters. The van der Waals surface area contributed by atoms with Gasteiger partial charge < -0.3 is 10.6 Å². The number of amides is 1. The monoisotopic (exact) mass is 249 g/mol. The Hall–Kier alpha value is -1.49. The lowest BCUT2D eigenvalue weighted by molar-refractivity contribution is 0.0783. The van der Waals surface area contributed by atoms with Gasteiger partial charge in [-0.05, 0) is 30.9 Å². The van der Waals surface area contributed by atoms with E-state index in [-0.39, 0.29) is 5.91 Å². The van der Waals surface area contributed by atoms with Crippen molar-refractivity contribution in [1.29, 1.82) is 0 Å². The molecule has 1 aromatic rings. The first-order valence-electron chi connectivity index (χ1n) is 5.59. The highest BCUT2D eigenvalue weighted by atomic mass is 32.1. The summed E-state index contributed by atoms with van der Waals surface area (Å²) in [5.41, 5.74) is 6.59. The van der Waals surface area contributed by atoms with E-state index in [4.69, 9.17) is 18.0 Å². The number of carbonyl (C=O) groups excluding carboxylic acids is 1. The molecular formula is C12H15N3OS. The van der Waals surface area contributed by atoms with Gasteiger partial charge in [-0.3, -0.25) is 9.78 Å². The predicted molar refractivity (Wildman–Crippen MR) is 69.8 cm³/mol. The summed E-state index contributed by atoms with van der Waals surface area (Å²) in [5.74, 6) is 0.631. The van der Waals surface area contributed by atoms with Crippen LogP contribution in [0.25, 0.3) is 0 Å². The summed E-state index contributed by atoms with van der Waals surface area (Å²) in [6, 6.07) is 3.40. The molecule has 1 aromatic heterocycles. The minimum atomic E-state index is -0.0496. The highest BCUT2D eigenvalue weighted by Gasteiger charge is 2.25. The zero-order valence-corrected chi connectivity index (χ0v) is 10.5. The number of nitrogens with two attached hydrogens (primary N) is 1. The van der Waals surface area contributed by atoms with Gasteiger partial charge in [0.2, 0.25) is 0 Å². The molecule has 0 bridgehead atoms. The van der Waals surface area contributed by atoms with Gasteiger partial charge in [0, 0.05) is 25.4 Å². The molecule has 0 unspecified atom stereocenters. The van der Waals surface area contributed by atoms with E-state index in [9.17, 15) is 4.79 Å². The number of pyridine rings is 1. The van der Waals surface area contributed by atoms with Gasteiger partial charge in [-0.15, -0.1) is 0 Å². The van der Waals surface area contributed by atoms with Crippen molar-refractivity contribution in [3.05, 3.63) is 29.6 Å². The second kappa shape index (κ2) is 4.79. The van der Waals surface area contributed by atoms with Crippen molar-refractivity contribution in [2.75, 3.05) is 13.6 Å². The van der Waals surface area contributed by atoms with E-state index in [0.717, 1.165) is 6.54 Å². The van der Waals surface area contributed by atoms with Crippen LogP contribution in [0, 0.1) is 5.92 Å². The van der Waals surface area contributed by atoms with Crippen molar-refractivity contribution in [2.45, 2.75) is 12.8 Å². The lowest BCUT2D eigenvalue weighted by Gasteiger charge is -2.16. The van der Waals surface area contributed by atoms with Crippen molar-refractivity contribution in [3.8, 4) is 0 Å². The average molecular weight is 249 g/mol. The van der Waals surface area contributed by atoms with Gasteiger partial charge in [-0.1, -0.05) is 12.2 Å². The van der Waals surface area contributed by atoms with E-state index < -0.39 is 0 Å². The van der Waals surface area contributed by atoms with Gasteiger partial charge in [-0.2, -0.15) is 0 Å². The van der Waals surface area contributed by atoms with Gasteiger partial charge in [0.05, 0.1) is 0 Å². The largest absolute Gasteiger partial charge is 0.389 e. The molecule has 5 heteroatoms. The van der Waals surface area contributed by atoms with E-state index in [2.05, 4.69) is 4.98 Å². The van der Waals surface area contributed by atoms with Crippen LogP contribution in [0.15, 0.2) is 18.3 Å². The Morgan fingerprint density at radius 3 is 2.76 bits per heavy atom. The summed E-state index contributed by atoms with van der Waals surface area (Å²) in [6.45, 7) is 0.817. The van der Waals surface area contributed by atoms with Gasteiger partial charge in [0.15, 0.2) is 0 Å². The minimum Gasteiger partial charge on any atom is -0.389 e. The van der Waals surface area contributed by atoms with Crippen LogP contribution in [0.1, 0.15) is 28.9 Å². The first kappa shape index (κ1) is 12.0. The highest BCUT2D eigenvalue weighted by molar-refractivity contribution is 7.80. The van der Waals surface area contributed by atoms with Crippen LogP contribution >= 0.6 is 12.2 Å². The van der Waals surface area contributed by atoms with Crippen molar-refractivity contribution in [2.24, 2.45) is 11.7 Å². The number of hydrogen-bond acceptors (Lipinski definition) is 3. The maximum Gasteiger partial charge on any atom is 0.272 e. The Balaban J connectivity index is 2.05. The van der Waals surface area contributed by atoms with Crippen molar-refractivity contribution in [3.63, 3.8) is 0 Å². The standard InChI is InChI=1S/C12H15N3OS/c1-15(7-8-2-3-8)12(16)10-5-4-9(6-14-10)11(13)17/h4-6,8H,2-3,7H2,1H3,(H2,13,17). The van der Waals surface area contributed by atoms with Crippen LogP contribution in [-0.2, 0) is 0 Å². The molecule has 2 rings (SSSR count). The minimum absolute atomic E-state index is 0.0496. The summed E-state index contributed by atoms with van der Waals surface area (Å²) in [6.07, 6.45) is 4.00. The first-order chi connectivity index (χ1) is 8.08. The van der Waals surface area contributed by atoms with Crippen LogP contribution in [0.5, 0.6) is 0 Å². The van der Waals surface area contributed by atoms with Crippen molar-refractivity contribution >= 4 is 23.1 Å². The number of thiocarbonyl (C=S) groups is 1. The van der Waals surface area contributed by atoms with Crippen LogP contribution in [0.4, 0.5) is 0 Å². The summed E-state index contributed by atoms with van der Waals surface area (Å²) in [5, 5.41) is 0. The summed E-state index contributed by atoms with van der Waals surface area (Å²) < 4.78 is 0. The topological polar surface area (TPSA) is 59.2 Å². The lowest BCUT2D eigenvalue weighted by atomic mass is 10.2. The fraction of sp³-hybridized carbons (Fsp3) is 0.417. The maximum atomic E-state index is 12.0. The summed E-state index contributed by atoms with van der Waals surface area (Å²) >= 11 is 4.83. The lowest BCUT2D eigenvalue weighted by Crippen LogP contribution is -2.29. The van der Waals surface area contributed by atoms with E-state index in [0.29, 0.717) is 22.2 Å².